The predicted octanol–water partition coefficient (Wildman–Crippen LogP) is 1.47. The van der Waals surface area contributed by atoms with Crippen LogP contribution < -0.4 is 10.6 Å². The van der Waals surface area contributed by atoms with E-state index in [0.29, 0.717) is 12.3 Å². The van der Waals surface area contributed by atoms with Crippen LogP contribution in [-0.2, 0) is 4.79 Å². The third-order valence-corrected chi connectivity index (χ3v) is 3.02. The van der Waals surface area contributed by atoms with Crippen LogP contribution in [0.15, 0.2) is 11.4 Å². The fraction of sp³-hybridized carbons (Fsp3) is 0.714. The molecule has 0 bridgehead atoms. The minimum atomic E-state index is -0.217. The summed E-state index contributed by atoms with van der Waals surface area (Å²) in [5.74, 6) is 0.888. The lowest BCUT2D eigenvalue weighted by Gasteiger charge is -2.27. The van der Waals surface area contributed by atoms with Gasteiger partial charge in [0.1, 0.15) is 5.82 Å². The zero-order valence-corrected chi connectivity index (χ0v) is 12.7. The summed E-state index contributed by atoms with van der Waals surface area (Å²) in [7, 11) is 3.72. The van der Waals surface area contributed by atoms with Crippen molar-refractivity contribution in [3.05, 3.63) is 11.4 Å². The number of carbonyl (C=O) groups excluding carboxylic acids is 1. The van der Waals surface area contributed by atoms with Gasteiger partial charge < -0.3 is 20.9 Å². The quantitative estimate of drug-likeness (QED) is 0.722. The lowest BCUT2D eigenvalue weighted by atomic mass is 10.1. The molecule has 0 aliphatic heterocycles. The molecule has 1 aliphatic rings. The first-order valence-electron chi connectivity index (χ1n) is 6.75. The molecule has 1 fully saturated rings. The fourth-order valence-electron chi connectivity index (χ4n) is 2.33. The Morgan fingerprint density at radius 1 is 1.37 bits per heavy atom. The summed E-state index contributed by atoms with van der Waals surface area (Å²) in [5.41, 5.74) is 1.51. The molecule has 0 aromatic rings. The van der Waals surface area contributed by atoms with Crippen molar-refractivity contribution in [2.45, 2.75) is 45.6 Å². The maximum Gasteiger partial charge on any atom is 0.239 e. The van der Waals surface area contributed by atoms with Crippen molar-refractivity contribution in [2.24, 2.45) is 0 Å². The summed E-state index contributed by atoms with van der Waals surface area (Å²) >= 11 is 0. The number of carbonyl (C=O) groups is 1. The second-order valence-electron chi connectivity index (χ2n) is 6.06. The van der Waals surface area contributed by atoms with Gasteiger partial charge in [0, 0.05) is 30.9 Å². The maximum atomic E-state index is 11.9. The molecule has 5 nitrogen and oxygen atoms in total. The van der Waals surface area contributed by atoms with Crippen LogP contribution >= 0.6 is 0 Å². The van der Waals surface area contributed by atoms with Crippen molar-refractivity contribution in [3.8, 4) is 0 Å². The number of allylic oxidation sites excluding steroid dienone is 1. The highest BCUT2D eigenvalue weighted by Gasteiger charge is 2.22. The first-order chi connectivity index (χ1) is 8.74. The summed E-state index contributed by atoms with van der Waals surface area (Å²) < 4.78 is 0. The number of rotatable bonds is 4. The number of nitrogens with zero attached hydrogens (tertiary/aromatic N) is 1. The normalized spacial score (nSPS) is 18.3. The van der Waals surface area contributed by atoms with Gasteiger partial charge in [-0.15, -0.1) is 0 Å². The van der Waals surface area contributed by atoms with Crippen molar-refractivity contribution >= 4 is 11.6 Å². The molecule has 3 N–H and O–H groups in total. The molecular formula is C14H26N4O. The molecular weight excluding hydrogens is 240 g/mol. The number of hydrogen-bond donors (Lipinski definition) is 3. The maximum absolute atomic E-state index is 11.9. The van der Waals surface area contributed by atoms with Crippen LogP contribution in [0.1, 0.15) is 40.0 Å². The molecule has 0 unspecified atom stereocenters. The van der Waals surface area contributed by atoms with Gasteiger partial charge in [-0.2, -0.15) is 0 Å². The molecule has 1 amide bonds. The number of nitrogens with one attached hydrogen (secondary N) is 3. The predicted molar refractivity (Wildman–Crippen MR) is 78.2 cm³/mol. The van der Waals surface area contributed by atoms with Crippen LogP contribution in [0.2, 0.25) is 0 Å². The highest BCUT2D eigenvalue weighted by atomic mass is 16.2. The zero-order chi connectivity index (χ0) is 14.6. The summed E-state index contributed by atoms with van der Waals surface area (Å²) in [4.78, 5) is 13.8. The van der Waals surface area contributed by atoms with E-state index in [0.717, 1.165) is 30.7 Å². The molecule has 0 saturated heterocycles. The van der Waals surface area contributed by atoms with Crippen LogP contribution in [0.25, 0.3) is 0 Å². The summed E-state index contributed by atoms with van der Waals surface area (Å²) in [6, 6.07) is 0. The first-order valence-corrected chi connectivity index (χ1v) is 6.75. The Morgan fingerprint density at radius 2 is 2.00 bits per heavy atom. The van der Waals surface area contributed by atoms with Gasteiger partial charge in [-0.25, -0.2) is 0 Å². The molecule has 0 aromatic carbocycles. The van der Waals surface area contributed by atoms with E-state index in [9.17, 15) is 4.79 Å². The van der Waals surface area contributed by atoms with Crippen molar-refractivity contribution in [1.29, 1.82) is 5.41 Å². The molecule has 0 atom stereocenters. The summed E-state index contributed by atoms with van der Waals surface area (Å²) in [6.07, 6.45) is 2.78. The van der Waals surface area contributed by atoms with Crippen molar-refractivity contribution in [1.82, 2.24) is 15.5 Å². The second kappa shape index (κ2) is 6.08. The Kier molecular flexibility index (Phi) is 4.97. The second-order valence-corrected chi connectivity index (χ2v) is 6.06. The molecule has 1 saturated carbocycles. The lowest BCUT2D eigenvalue weighted by molar-refractivity contribution is -0.123. The van der Waals surface area contributed by atoms with Gasteiger partial charge in [0.2, 0.25) is 5.91 Å². The minimum absolute atomic E-state index is 0.00659. The Balaban J connectivity index is 2.73. The fourth-order valence-corrected chi connectivity index (χ4v) is 2.33. The smallest absolute Gasteiger partial charge is 0.239 e. The first kappa shape index (κ1) is 15.5. The monoisotopic (exact) mass is 266 g/mol. The topological polar surface area (TPSA) is 68.2 Å². The van der Waals surface area contributed by atoms with Crippen LogP contribution in [0.3, 0.4) is 0 Å². The summed E-state index contributed by atoms with van der Waals surface area (Å²) in [6.45, 7) is 6.20. The summed E-state index contributed by atoms with van der Waals surface area (Å²) in [5, 5.41) is 14.0. The average Bonchev–Trinajstić information content (AvgIpc) is 2.63. The van der Waals surface area contributed by atoms with Crippen LogP contribution in [0, 0.1) is 5.41 Å². The molecule has 0 aromatic heterocycles. The molecule has 1 rings (SSSR count). The highest BCUT2D eigenvalue weighted by Crippen LogP contribution is 2.24. The van der Waals surface area contributed by atoms with Crippen molar-refractivity contribution in [2.75, 3.05) is 20.6 Å². The SMILES string of the molecule is CN/C(=C1/CCCC1=N)N(C)CC(=O)NC(C)(C)C. The van der Waals surface area contributed by atoms with Gasteiger partial charge in [-0.3, -0.25) is 4.79 Å². The standard InChI is InChI=1S/C14H26N4O/c1-14(2,3)17-12(19)9-18(5)13(16-4)10-7-6-8-11(10)15/h15-16H,6-9H2,1-5H3,(H,17,19)/b13-10+,15-11?. The van der Waals surface area contributed by atoms with Crippen LogP contribution in [-0.4, -0.2) is 42.7 Å². The molecule has 0 spiro atoms. The van der Waals surface area contributed by atoms with E-state index < -0.39 is 0 Å². The van der Waals surface area contributed by atoms with Crippen molar-refractivity contribution in [3.63, 3.8) is 0 Å². The Labute approximate surface area is 115 Å². The molecule has 5 heteroatoms. The highest BCUT2D eigenvalue weighted by molar-refractivity contribution is 6.00. The van der Waals surface area contributed by atoms with E-state index in [2.05, 4.69) is 10.6 Å². The Hall–Kier alpha value is -1.52. The Morgan fingerprint density at radius 3 is 2.42 bits per heavy atom. The average molecular weight is 266 g/mol. The van der Waals surface area contributed by atoms with Gasteiger partial charge in [0.25, 0.3) is 0 Å². The van der Waals surface area contributed by atoms with E-state index in [1.807, 2.05) is 39.8 Å². The van der Waals surface area contributed by atoms with Gasteiger partial charge >= 0.3 is 0 Å². The van der Waals surface area contributed by atoms with E-state index >= 15 is 0 Å². The minimum Gasteiger partial charge on any atom is -0.375 e. The molecule has 19 heavy (non-hydrogen) atoms. The van der Waals surface area contributed by atoms with Gasteiger partial charge in [-0.05, 0) is 40.0 Å². The molecule has 0 radical (unpaired) electrons. The van der Waals surface area contributed by atoms with E-state index in [4.69, 9.17) is 5.41 Å². The van der Waals surface area contributed by atoms with Gasteiger partial charge in [0.15, 0.2) is 0 Å². The van der Waals surface area contributed by atoms with Crippen molar-refractivity contribution < 1.29 is 4.79 Å². The van der Waals surface area contributed by atoms with Gasteiger partial charge in [0.05, 0.1) is 6.54 Å². The lowest BCUT2D eigenvalue weighted by Crippen LogP contribution is -2.46. The third kappa shape index (κ3) is 4.58. The number of likely N-dealkylation sites (N-methyl/N-ethyl adjacent to an activating group) is 1. The zero-order valence-electron chi connectivity index (χ0n) is 12.7. The van der Waals surface area contributed by atoms with Crippen LogP contribution in [0.5, 0.6) is 0 Å². The van der Waals surface area contributed by atoms with Gasteiger partial charge in [-0.1, -0.05) is 0 Å². The molecule has 1 aliphatic carbocycles. The van der Waals surface area contributed by atoms with E-state index in [-0.39, 0.29) is 11.4 Å². The number of amides is 1. The molecule has 0 heterocycles. The third-order valence-electron chi connectivity index (χ3n) is 3.02. The Bertz CT molecular complexity index is 393. The number of hydrogen-bond acceptors (Lipinski definition) is 4. The van der Waals surface area contributed by atoms with E-state index in [1.54, 1.807) is 0 Å². The molecule has 108 valence electrons. The largest absolute Gasteiger partial charge is 0.375 e. The van der Waals surface area contributed by atoms with E-state index in [1.165, 1.54) is 0 Å². The van der Waals surface area contributed by atoms with Crippen LogP contribution in [0.4, 0.5) is 0 Å².